The number of aromatic amines is 1. The number of methoxy groups -OCH3 is 1. The van der Waals surface area contributed by atoms with Crippen LogP contribution in [0, 0.1) is 0 Å². The van der Waals surface area contributed by atoms with Crippen molar-refractivity contribution in [1.82, 2.24) is 15.3 Å². The summed E-state index contributed by atoms with van der Waals surface area (Å²) in [5, 5.41) is 2.84. The molecule has 18 heavy (non-hydrogen) atoms. The number of nitrogens with one attached hydrogen (secondary N) is 2. The van der Waals surface area contributed by atoms with Gasteiger partial charge in [0.1, 0.15) is 6.04 Å². The lowest BCUT2D eigenvalue weighted by Crippen LogP contribution is -2.42. The number of carbonyl (C=O) groups is 2. The zero-order valence-corrected chi connectivity index (χ0v) is 10.7. The number of nitrogens with zero attached hydrogens (tertiary/aromatic N) is 1. The molecule has 1 heterocycles. The average molecular weight is 271 g/mol. The van der Waals surface area contributed by atoms with Crippen LogP contribution in [0.4, 0.5) is 0 Å². The highest BCUT2D eigenvalue weighted by atomic mass is 32.2. The van der Waals surface area contributed by atoms with E-state index in [9.17, 15) is 14.4 Å². The maximum absolute atomic E-state index is 11.4. The Morgan fingerprint density at radius 2 is 2.33 bits per heavy atom. The van der Waals surface area contributed by atoms with Crippen LogP contribution in [-0.2, 0) is 14.3 Å². The molecule has 8 heteroatoms. The molecule has 0 fully saturated rings. The van der Waals surface area contributed by atoms with Gasteiger partial charge >= 0.3 is 5.97 Å². The number of hydrogen-bond donors (Lipinski definition) is 2. The van der Waals surface area contributed by atoms with Crippen LogP contribution >= 0.6 is 11.8 Å². The first-order chi connectivity index (χ1) is 8.52. The van der Waals surface area contributed by atoms with Gasteiger partial charge in [-0.15, -0.1) is 0 Å². The van der Waals surface area contributed by atoms with E-state index in [1.165, 1.54) is 26.3 Å². The lowest BCUT2D eigenvalue weighted by molar-refractivity contribution is -0.144. The summed E-state index contributed by atoms with van der Waals surface area (Å²) in [5.74, 6) is -0.657. The summed E-state index contributed by atoms with van der Waals surface area (Å²) in [6.45, 7) is 1.31. The van der Waals surface area contributed by atoms with Gasteiger partial charge in [-0.25, -0.2) is 9.78 Å². The predicted molar refractivity (Wildman–Crippen MR) is 65.2 cm³/mol. The molecule has 0 saturated heterocycles. The minimum absolute atomic E-state index is 0.221. The van der Waals surface area contributed by atoms with E-state index in [1.54, 1.807) is 0 Å². The van der Waals surface area contributed by atoms with Crippen LogP contribution in [0.3, 0.4) is 0 Å². The number of hydrogen-bond acceptors (Lipinski definition) is 6. The van der Waals surface area contributed by atoms with Crippen LogP contribution in [-0.4, -0.2) is 40.7 Å². The zero-order valence-electron chi connectivity index (χ0n) is 9.93. The lowest BCUT2D eigenvalue weighted by Gasteiger charge is -2.14. The number of carbonyl (C=O) groups excluding carboxylic acids is 2. The SMILES string of the molecule is COC(=O)C(CSc1nccc(=O)[nH]1)NC(C)=O. The highest BCUT2D eigenvalue weighted by molar-refractivity contribution is 7.99. The van der Waals surface area contributed by atoms with Crippen LogP contribution in [0.15, 0.2) is 22.2 Å². The summed E-state index contributed by atoms with van der Waals surface area (Å²) in [6, 6.07) is 0.512. The number of amides is 1. The molecule has 1 amide bonds. The number of H-pyrrole nitrogens is 1. The van der Waals surface area contributed by atoms with E-state index in [-0.39, 0.29) is 17.2 Å². The Morgan fingerprint density at radius 1 is 1.61 bits per heavy atom. The molecule has 1 aromatic heterocycles. The number of rotatable bonds is 5. The van der Waals surface area contributed by atoms with E-state index < -0.39 is 12.0 Å². The van der Waals surface area contributed by atoms with Crippen molar-refractivity contribution in [2.45, 2.75) is 18.1 Å². The van der Waals surface area contributed by atoms with Crippen LogP contribution in [0.25, 0.3) is 0 Å². The van der Waals surface area contributed by atoms with E-state index >= 15 is 0 Å². The largest absolute Gasteiger partial charge is 0.467 e. The maximum atomic E-state index is 11.4. The first-order valence-electron chi connectivity index (χ1n) is 5.06. The Kier molecular flexibility index (Phi) is 5.37. The van der Waals surface area contributed by atoms with Crippen molar-refractivity contribution < 1.29 is 14.3 Å². The number of thioether (sulfide) groups is 1. The minimum Gasteiger partial charge on any atom is -0.467 e. The molecule has 1 unspecified atom stereocenters. The second-order valence-electron chi connectivity index (χ2n) is 3.33. The van der Waals surface area contributed by atoms with E-state index in [0.29, 0.717) is 5.16 Å². The summed E-state index contributed by atoms with van der Waals surface area (Å²) >= 11 is 1.15. The Balaban J connectivity index is 2.64. The summed E-state index contributed by atoms with van der Waals surface area (Å²) in [4.78, 5) is 39.8. The first-order valence-corrected chi connectivity index (χ1v) is 6.04. The maximum Gasteiger partial charge on any atom is 0.329 e. The molecule has 0 aliphatic rings. The fraction of sp³-hybridized carbons (Fsp3) is 0.400. The molecule has 1 aromatic rings. The van der Waals surface area contributed by atoms with Crippen molar-refractivity contribution in [2.24, 2.45) is 0 Å². The van der Waals surface area contributed by atoms with Crippen LogP contribution in [0.5, 0.6) is 0 Å². The molecule has 98 valence electrons. The third-order valence-electron chi connectivity index (χ3n) is 1.90. The highest BCUT2D eigenvalue weighted by Gasteiger charge is 2.20. The average Bonchev–Trinajstić information content (AvgIpc) is 2.33. The minimum atomic E-state index is -0.775. The summed E-state index contributed by atoms with van der Waals surface area (Å²) in [5.41, 5.74) is -0.276. The van der Waals surface area contributed by atoms with Gasteiger partial charge in [0.05, 0.1) is 7.11 Å². The molecule has 0 aliphatic carbocycles. The van der Waals surface area contributed by atoms with Gasteiger partial charge in [-0.2, -0.15) is 0 Å². The smallest absolute Gasteiger partial charge is 0.329 e. The standard InChI is InChI=1S/C10H13N3O4S/c1-6(14)12-7(9(16)17-2)5-18-10-11-4-3-8(15)13-10/h3-4,7H,5H2,1-2H3,(H,12,14)(H,11,13,15). The van der Waals surface area contributed by atoms with Gasteiger partial charge in [0.2, 0.25) is 5.91 Å². The molecule has 0 aliphatic heterocycles. The van der Waals surface area contributed by atoms with Crippen molar-refractivity contribution >= 4 is 23.6 Å². The van der Waals surface area contributed by atoms with E-state index in [4.69, 9.17) is 0 Å². The molecule has 0 saturated carbocycles. The van der Waals surface area contributed by atoms with Gasteiger partial charge in [0.25, 0.3) is 5.56 Å². The number of esters is 1. The first kappa shape index (κ1) is 14.2. The molecule has 0 radical (unpaired) electrons. The predicted octanol–water partition coefficient (Wildman–Crippen LogP) is -0.460. The van der Waals surface area contributed by atoms with Crippen molar-refractivity contribution in [2.75, 3.05) is 12.9 Å². The molecular weight excluding hydrogens is 258 g/mol. The monoisotopic (exact) mass is 271 g/mol. The highest BCUT2D eigenvalue weighted by Crippen LogP contribution is 2.12. The zero-order chi connectivity index (χ0) is 13.5. The van der Waals surface area contributed by atoms with Crippen molar-refractivity contribution in [3.05, 3.63) is 22.6 Å². The Bertz CT molecular complexity index is 488. The fourth-order valence-corrected chi connectivity index (χ4v) is 2.00. The Hall–Kier alpha value is -1.83. The fourth-order valence-electron chi connectivity index (χ4n) is 1.14. The third-order valence-corrected chi connectivity index (χ3v) is 2.88. The molecule has 1 rings (SSSR count). The molecule has 2 N–H and O–H groups in total. The summed E-state index contributed by atoms with van der Waals surface area (Å²) < 4.78 is 4.57. The molecule has 7 nitrogen and oxygen atoms in total. The lowest BCUT2D eigenvalue weighted by atomic mass is 10.3. The topological polar surface area (TPSA) is 101 Å². The summed E-state index contributed by atoms with van der Waals surface area (Å²) in [7, 11) is 1.24. The van der Waals surface area contributed by atoms with Gasteiger partial charge in [-0.05, 0) is 0 Å². The Labute approximate surface area is 107 Å². The number of aromatic nitrogens is 2. The Morgan fingerprint density at radius 3 is 2.89 bits per heavy atom. The van der Waals surface area contributed by atoms with Crippen molar-refractivity contribution in [3.8, 4) is 0 Å². The second-order valence-corrected chi connectivity index (χ2v) is 4.34. The van der Waals surface area contributed by atoms with Gasteiger partial charge in [0, 0.05) is 24.9 Å². The van der Waals surface area contributed by atoms with E-state index in [2.05, 4.69) is 20.0 Å². The molecule has 1 atom stereocenters. The summed E-state index contributed by atoms with van der Waals surface area (Å²) in [6.07, 6.45) is 1.37. The van der Waals surface area contributed by atoms with Crippen LogP contribution in [0.2, 0.25) is 0 Å². The van der Waals surface area contributed by atoms with Gasteiger partial charge in [-0.1, -0.05) is 11.8 Å². The second kappa shape index (κ2) is 6.80. The quantitative estimate of drug-likeness (QED) is 0.427. The van der Waals surface area contributed by atoms with Gasteiger partial charge in [-0.3, -0.25) is 9.59 Å². The van der Waals surface area contributed by atoms with Crippen molar-refractivity contribution in [1.29, 1.82) is 0 Å². The van der Waals surface area contributed by atoms with E-state index in [0.717, 1.165) is 11.8 Å². The van der Waals surface area contributed by atoms with E-state index in [1.807, 2.05) is 0 Å². The molecule has 0 spiro atoms. The molecule has 0 bridgehead atoms. The van der Waals surface area contributed by atoms with Gasteiger partial charge < -0.3 is 15.0 Å². The van der Waals surface area contributed by atoms with Gasteiger partial charge in [0.15, 0.2) is 5.16 Å². The van der Waals surface area contributed by atoms with Crippen LogP contribution in [0.1, 0.15) is 6.92 Å². The third kappa shape index (κ3) is 4.58. The molecule has 0 aromatic carbocycles. The molecular formula is C10H13N3O4S. The van der Waals surface area contributed by atoms with Crippen molar-refractivity contribution in [3.63, 3.8) is 0 Å². The number of ether oxygens (including phenoxy) is 1. The normalized spacial score (nSPS) is 11.7. The van der Waals surface area contributed by atoms with Crippen LogP contribution < -0.4 is 10.9 Å².